The Bertz CT molecular complexity index is 86.5. The Balaban J connectivity index is 3.56. The van der Waals surface area contributed by atoms with Crippen molar-refractivity contribution in [1.82, 2.24) is 0 Å². The minimum absolute atomic E-state index is 0.155. The van der Waals surface area contributed by atoms with E-state index in [-0.39, 0.29) is 4.87 Å². The van der Waals surface area contributed by atoms with Gasteiger partial charge in [-0.3, -0.25) is 0 Å². The summed E-state index contributed by atoms with van der Waals surface area (Å²) in [4.78, 5) is -0.155. The van der Waals surface area contributed by atoms with E-state index < -0.39 is 6.69 Å². The largest absolute Gasteiger partial charge is 0.248 e. The molecule has 0 rings (SSSR count). The first kappa shape index (κ1) is 11.1. The standard InChI is InChI=1S/C6H13Cl3Si/c1-6(2,7)4-5-10(3,8)9/h4-5H2,1-3H3. The van der Waals surface area contributed by atoms with Crippen molar-refractivity contribution in [3.63, 3.8) is 0 Å². The summed E-state index contributed by atoms with van der Waals surface area (Å²) >= 11 is 17.7. The first-order valence-electron chi connectivity index (χ1n) is 3.27. The zero-order valence-electron chi connectivity index (χ0n) is 6.55. The molecule has 0 aromatic heterocycles. The highest BCUT2D eigenvalue weighted by Crippen LogP contribution is 2.28. The van der Waals surface area contributed by atoms with E-state index in [1.807, 2.05) is 20.4 Å². The molecule has 0 heterocycles. The van der Waals surface area contributed by atoms with Crippen LogP contribution in [0, 0.1) is 0 Å². The molecular weight excluding hydrogens is 207 g/mol. The molecule has 0 aliphatic heterocycles. The van der Waals surface area contributed by atoms with E-state index in [0.29, 0.717) is 0 Å². The molecule has 0 N–H and O–H groups in total. The van der Waals surface area contributed by atoms with Crippen LogP contribution in [0.1, 0.15) is 20.3 Å². The molecule has 10 heavy (non-hydrogen) atoms. The molecule has 0 radical (unpaired) electrons. The van der Waals surface area contributed by atoms with Gasteiger partial charge in [0.1, 0.15) is 0 Å². The van der Waals surface area contributed by atoms with Crippen LogP contribution in [0.25, 0.3) is 0 Å². The quantitative estimate of drug-likeness (QED) is 0.383. The summed E-state index contributed by atoms with van der Waals surface area (Å²) in [5.74, 6) is 0. The average Bonchev–Trinajstić information content (AvgIpc) is 1.57. The predicted molar refractivity (Wildman–Crippen MR) is 52.7 cm³/mol. The van der Waals surface area contributed by atoms with Gasteiger partial charge in [-0.2, -0.15) is 0 Å². The van der Waals surface area contributed by atoms with Crippen molar-refractivity contribution < 1.29 is 0 Å². The van der Waals surface area contributed by atoms with Gasteiger partial charge >= 0.3 is 0 Å². The molecule has 4 heteroatoms. The molecule has 0 aromatic rings. The maximum atomic E-state index is 5.94. The Labute approximate surface area is 78.3 Å². The Morgan fingerprint density at radius 3 is 1.80 bits per heavy atom. The van der Waals surface area contributed by atoms with E-state index in [1.165, 1.54) is 0 Å². The molecule has 0 aromatic carbocycles. The lowest BCUT2D eigenvalue weighted by atomic mass is 10.1. The van der Waals surface area contributed by atoms with Gasteiger partial charge in [0.05, 0.1) is 0 Å². The summed E-state index contributed by atoms with van der Waals surface area (Å²) in [5.41, 5.74) is 0. The summed E-state index contributed by atoms with van der Waals surface area (Å²) in [7, 11) is 0. The van der Waals surface area contributed by atoms with Gasteiger partial charge in [-0.05, 0) is 32.9 Å². The summed E-state index contributed by atoms with van der Waals surface area (Å²) < 4.78 is 0. The normalized spacial score (nSPS) is 13.8. The monoisotopic (exact) mass is 218 g/mol. The van der Waals surface area contributed by atoms with E-state index in [4.69, 9.17) is 33.8 Å². The Morgan fingerprint density at radius 1 is 1.30 bits per heavy atom. The topological polar surface area (TPSA) is 0 Å². The van der Waals surface area contributed by atoms with E-state index in [0.717, 1.165) is 12.5 Å². The van der Waals surface area contributed by atoms with Crippen LogP contribution in [-0.4, -0.2) is 11.6 Å². The van der Waals surface area contributed by atoms with Crippen molar-refractivity contribution in [1.29, 1.82) is 0 Å². The highest BCUT2D eigenvalue weighted by molar-refractivity contribution is 7.44. The van der Waals surface area contributed by atoms with Crippen molar-refractivity contribution in [3.8, 4) is 0 Å². The number of rotatable bonds is 3. The van der Waals surface area contributed by atoms with Crippen LogP contribution in [-0.2, 0) is 0 Å². The lowest BCUT2D eigenvalue weighted by Gasteiger charge is -2.18. The molecule has 0 aliphatic carbocycles. The third kappa shape index (κ3) is 9.09. The van der Waals surface area contributed by atoms with Gasteiger partial charge in [0, 0.05) is 4.87 Å². The second-order valence-corrected chi connectivity index (χ2v) is 12.5. The van der Waals surface area contributed by atoms with Crippen molar-refractivity contribution in [2.24, 2.45) is 0 Å². The fraction of sp³-hybridized carbons (Fsp3) is 1.00. The van der Waals surface area contributed by atoms with Crippen LogP contribution >= 0.6 is 33.8 Å². The average molecular weight is 220 g/mol. The van der Waals surface area contributed by atoms with Crippen LogP contribution in [0.3, 0.4) is 0 Å². The molecule has 0 spiro atoms. The molecule has 0 nitrogen and oxygen atoms in total. The molecule has 0 saturated heterocycles. The van der Waals surface area contributed by atoms with Gasteiger partial charge in [0.25, 0.3) is 0 Å². The predicted octanol–water partition coefficient (Wildman–Crippen LogP) is 3.94. The Hall–Kier alpha value is 1.09. The van der Waals surface area contributed by atoms with Gasteiger partial charge in [0.2, 0.25) is 6.69 Å². The van der Waals surface area contributed by atoms with Crippen molar-refractivity contribution in [2.45, 2.75) is 37.7 Å². The van der Waals surface area contributed by atoms with Crippen LogP contribution in [0.5, 0.6) is 0 Å². The number of hydrogen-bond acceptors (Lipinski definition) is 0. The number of halogens is 3. The third-order valence-corrected chi connectivity index (χ3v) is 3.61. The lowest BCUT2D eigenvalue weighted by molar-refractivity contribution is 0.668. The smallest absolute Gasteiger partial charge is 0.146 e. The minimum atomic E-state index is -1.91. The first-order chi connectivity index (χ1) is 4.21. The summed E-state index contributed by atoms with van der Waals surface area (Å²) in [6, 6.07) is 0.868. The van der Waals surface area contributed by atoms with E-state index >= 15 is 0 Å². The van der Waals surface area contributed by atoms with Crippen LogP contribution < -0.4 is 0 Å². The fourth-order valence-corrected chi connectivity index (χ4v) is 2.40. The molecule has 0 atom stereocenters. The summed E-state index contributed by atoms with van der Waals surface area (Å²) in [6.07, 6.45) is 0.893. The molecule has 0 bridgehead atoms. The van der Waals surface area contributed by atoms with Gasteiger partial charge in [-0.25, -0.2) is 0 Å². The minimum Gasteiger partial charge on any atom is -0.146 e. The van der Waals surface area contributed by atoms with Gasteiger partial charge < -0.3 is 0 Å². The zero-order chi connectivity index (χ0) is 8.41. The summed E-state index contributed by atoms with van der Waals surface area (Å²) in [6.45, 7) is 3.96. The second-order valence-electron chi connectivity index (χ2n) is 3.29. The third-order valence-electron chi connectivity index (χ3n) is 1.16. The lowest BCUT2D eigenvalue weighted by Crippen LogP contribution is -2.19. The van der Waals surface area contributed by atoms with Gasteiger partial charge in [-0.1, -0.05) is 0 Å². The molecule has 0 unspecified atom stereocenters. The van der Waals surface area contributed by atoms with Crippen molar-refractivity contribution in [3.05, 3.63) is 0 Å². The molecule has 0 fully saturated rings. The van der Waals surface area contributed by atoms with Gasteiger partial charge in [0.15, 0.2) is 0 Å². The highest BCUT2D eigenvalue weighted by Gasteiger charge is 2.24. The molecule has 0 amide bonds. The van der Waals surface area contributed by atoms with Gasteiger partial charge in [-0.15, -0.1) is 33.8 Å². The van der Waals surface area contributed by atoms with E-state index in [2.05, 4.69) is 0 Å². The summed E-state index contributed by atoms with van der Waals surface area (Å²) in [5, 5.41) is 0. The van der Waals surface area contributed by atoms with Crippen molar-refractivity contribution >= 4 is 40.5 Å². The fourth-order valence-electron chi connectivity index (χ4n) is 0.517. The molecule has 0 aliphatic rings. The number of hydrogen-bond donors (Lipinski definition) is 0. The zero-order valence-corrected chi connectivity index (χ0v) is 9.82. The molecule has 0 saturated carbocycles. The molecular formula is C6H13Cl3Si. The Kier molecular flexibility index (Phi) is 4.06. The van der Waals surface area contributed by atoms with Crippen molar-refractivity contribution in [2.75, 3.05) is 0 Å². The molecule has 62 valence electrons. The maximum Gasteiger partial charge on any atom is 0.248 e. The second kappa shape index (κ2) is 3.66. The van der Waals surface area contributed by atoms with E-state index in [1.54, 1.807) is 0 Å². The maximum absolute atomic E-state index is 5.94. The SMILES string of the molecule is CC(C)(Cl)CC[Si](C)(Cl)Cl. The van der Waals surface area contributed by atoms with E-state index in [9.17, 15) is 0 Å². The Morgan fingerprint density at radius 2 is 1.70 bits per heavy atom. The highest BCUT2D eigenvalue weighted by atomic mass is 35.7. The van der Waals surface area contributed by atoms with Crippen LogP contribution in [0.4, 0.5) is 0 Å². The van der Waals surface area contributed by atoms with Crippen LogP contribution in [0.2, 0.25) is 12.6 Å². The van der Waals surface area contributed by atoms with Crippen LogP contribution in [0.15, 0.2) is 0 Å². The first-order valence-corrected chi connectivity index (χ1v) is 8.38. The number of alkyl halides is 1.